The minimum Gasteiger partial charge on any atom is -0.496 e. The first kappa shape index (κ1) is 19.7. The average Bonchev–Trinajstić information content (AvgIpc) is 2.73. The van der Waals surface area contributed by atoms with Crippen LogP contribution in [0.2, 0.25) is 0 Å². The fourth-order valence-corrected chi connectivity index (χ4v) is 4.80. The summed E-state index contributed by atoms with van der Waals surface area (Å²) in [4.78, 5) is 27.1. The van der Waals surface area contributed by atoms with E-state index in [-0.39, 0.29) is 36.0 Å². The van der Waals surface area contributed by atoms with Gasteiger partial charge in [-0.15, -0.1) is 0 Å². The van der Waals surface area contributed by atoms with Crippen molar-refractivity contribution in [2.45, 2.75) is 24.9 Å². The van der Waals surface area contributed by atoms with Gasteiger partial charge in [-0.05, 0) is 24.5 Å². The molecule has 3 heterocycles. The molecule has 2 bridgehead atoms. The van der Waals surface area contributed by atoms with Crippen molar-refractivity contribution in [2.24, 2.45) is 5.92 Å². The maximum Gasteiger partial charge on any atom is 0.251 e. The van der Waals surface area contributed by atoms with Gasteiger partial charge in [-0.1, -0.05) is 24.3 Å². The van der Waals surface area contributed by atoms with Crippen LogP contribution < -0.4 is 15.6 Å². The Kier molecular flexibility index (Phi) is 5.69. The number of para-hydroxylation sites is 1. The molecule has 29 heavy (non-hydrogen) atoms. The Morgan fingerprint density at radius 1 is 1.21 bits per heavy atom. The van der Waals surface area contributed by atoms with E-state index in [9.17, 15) is 14.7 Å². The number of fused-ring (bicyclic) bond motifs is 4. The van der Waals surface area contributed by atoms with Crippen molar-refractivity contribution >= 4 is 5.91 Å². The van der Waals surface area contributed by atoms with E-state index in [0.717, 1.165) is 30.0 Å². The number of benzene rings is 1. The number of hydrogen-bond donors (Lipinski definition) is 2. The summed E-state index contributed by atoms with van der Waals surface area (Å²) in [5.74, 6) is 1.08. The molecule has 0 aliphatic carbocycles. The van der Waals surface area contributed by atoms with Crippen molar-refractivity contribution in [3.05, 3.63) is 64.1 Å². The Morgan fingerprint density at radius 2 is 2.03 bits per heavy atom. The summed E-state index contributed by atoms with van der Waals surface area (Å²) in [6, 6.07) is 12.7. The number of carbonyl (C=O) groups is 1. The van der Waals surface area contributed by atoms with E-state index >= 15 is 0 Å². The van der Waals surface area contributed by atoms with Gasteiger partial charge in [0, 0.05) is 42.9 Å². The van der Waals surface area contributed by atoms with Crippen LogP contribution in [0.1, 0.15) is 29.6 Å². The standard InChI is InChI=1S/C22H27N3O4/c1-29-20-7-3-2-5-15(20)10-23-21(27)13-24-11-16-9-17(12-24)19(14-26)25-18(16)6-4-8-22(25)28/h2-8,16-17,19,26H,9-14H2,1H3,(H,23,27)/t16-,17+,19+/m1/s1. The van der Waals surface area contributed by atoms with Gasteiger partial charge in [0.1, 0.15) is 5.75 Å². The molecule has 0 spiro atoms. The summed E-state index contributed by atoms with van der Waals surface area (Å²) < 4.78 is 7.09. The Bertz CT molecular complexity index is 942. The van der Waals surface area contributed by atoms with Gasteiger partial charge in [0.2, 0.25) is 5.91 Å². The van der Waals surface area contributed by atoms with Crippen molar-refractivity contribution < 1.29 is 14.6 Å². The van der Waals surface area contributed by atoms with Gasteiger partial charge in [0.25, 0.3) is 5.56 Å². The molecule has 1 aromatic heterocycles. The molecule has 0 saturated carbocycles. The number of pyridine rings is 1. The number of rotatable bonds is 6. The van der Waals surface area contributed by atoms with Crippen LogP contribution >= 0.6 is 0 Å². The predicted octanol–water partition coefficient (Wildman–Crippen LogP) is 1.13. The molecule has 2 aliphatic rings. The predicted molar refractivity (Wildman–Crippen MR) is 109 cm³/mol. The SMILES string of the molecule is COc1ccccc1CNC(=O)CN1C[C@H]2C[C@@H](C1)[C@H](CO)n1c2cccc1=O. The first-order valence-corrected chi connectivity index (χ1v) is 10.0. The molecule has 0 radical (unpaired) electrons. The third-order valence-electron chi connectivity index (χ3n) is 6.10. The van der Waals surface area contributed by atoms with Crippen LogP contribution in [0.15, 0.2) is 47.3 Å². The molecule has 3 atom stereocenters. The first-order valence-electron chi connectivity index (χ1n) is 10.0. The average molecular weight is 397 g/mol. The smallest absolute Gasteiger partial charge is 0.251 e. The number of carbonyl (C=O) groups excluding carboxylic acids is 1. The Hall–Kier alpha value is -2.64. The molecule has 7 heteroatoms. The lowest BCUT2D eigenvalue weighted by Crippen LogP contribution is -2.52. The van der Waals surface area contributed by atoms with E-state index in [2.05, 4.69) is 10.2 Å². The number of ether oxygens (including phenoxy) is 1. The van der Waals surface area contributed by atoms with Gasteiger partial charge in [-0.3, -0.25) is 14.5 Å². The molecule has 1 amide bonds. The van der Waals surface area contributed by atoms with E-state index in [4.69, 9.17) is 4.74 Å². The number of likely N-dealkylation sites (tertiary alicyclic amines) is 1. The molecule has 2 N–H and O–H groups in total. The van der Waals surface area contributed by atoms with Crippen molar-refractivity contribution in [3.8, 4) is 5.75 Å². The van der Waals surface area contributed by atoms with E-state index in [1.54, 1.807) is 23.8 Å². The number of piperidine rings is 1. The monoisotopic (exact) mass is 397 g/mol. The first-order chi connectivity index (χ1) is 14.1. The van der Waals surface area contributed by atoms with Gasteiger partial charge in [0.15, 0.2) is 0 Å². The Balaban J connectivity index is 1.43. The lowest BCUT2D eigenvalue weighted by Gasteiger charge is -2.46. The normalized spacial score (nSPS) is 23.3. The number of nitrogens with zero attached hydrogens (tertiary/aromatic N) is 2. The van der Waals surface area contributed by atoms with E-state index < -0.39 is 0 Å². The fraction of sp³-hybridized carbons (Fsp3) is 0.455. The molecule has 1 aromatic carbocycles. The van der Waals surface area contributed by atoms with E-state index in [1.165, 1.54) is 0 Å². The molecule has 7 nitrogen and oxygen atoms in total. The molecule has 1 fully saturated rings. The van der Waals surface area contributed by atoms with Crippen molar-refractivity contribution in [1.29, 1.82) is 0 Å². The summed E-state index contributed by atoms with van der Waals surface area (Å²) in [5.41, 5.74) is 1.85. The summed E-state index contributed by atoms with van der Waals surface area (Å²) in [6.07, 6.45) is 0.939. The minimum absolute atomic E-state index is 0.0399. The van der Waals surface area contributed by atoms with Crippen LogP contribution in [-0.4, -0.2) is 53.8 Å². The molecule has 2 aliphatic heterocycles. The second-order valence-electron chi connectivity index (χ2n) is 7.88. The van der Waals surface area contributed by atoms with Crippen molar-refractivity contribution in [2.75, 3.05) is 33.4 Å². The van der Waals surface area contributed by atoms with Gasteiger partial charge >= 0.3 is 0 Å². The van der Waals surface area contributed by atoms with Crippen LogP contribution in [0.5, 0.6) is 5.75 Å². The molecule has 0 unspecified atom stereocenters. The van der Waals surface area contributed by atoms with Gasteiger partial charge in [0.05, 0.1) is 26.3 Å². The fourth-order valence-electron chi connectivity index (χ4n) is 4.80. The van der Waals surface area contributed by atoms with Crippen LogP contribution in [0.4, 0.5) is 0 Å². The maximum absolute atomic E-state index is 12.6. The molecule has 1 saturated heterocycles. The Morgan fingerprint density at radius 3 is 2.83 bits per heavy atom. The third-order valence-corrected chi connectivity index (χ3v) is 6.10. The van der Waals surface area contributed by atoms with E-state index in [1.807, 2.05) is 30.3 Å². The zero-order valence-corrected chi connectivity index (χ0v) is 16.6. The van der Waals surface area contributed by atoms with Crippen molar-refractivity contribution in [3.63, 3.8) is 0 Å². The highest BCUT2D eigenvalue weighted by atomic mass is 16.5. The highest BCUT2D eigenvalue weighted by Gasteiger charge is 2.40. The molecular formula is C22H27N3O4. The molecule has 4 rings (SSSR count). The summed E-state index contributed by atoms with van der Waals surface area (Å²) >= 11 is 0. The maximum atomic E-state index is 12.6. The van der Waals surface area contributed by atoms with Crippen LogP contribution in [0.25, 0.3) is 0 Å². The highest BCUT2D eigenvalue weighted by Crippen LogP contribution is 2.40. The lowest BCUT2D eigenvalue weighted by atomic mass is 9.78. The van der Waals surface area contributed by atoms with Gasteiger partial charge in [-0.2, -0.15) is 0 Å². The molecular weight excluding hydrogens is 370 g/mol. The molecule has 154 valence electrons. The number of aliphatic hydroxyl groups excluding tert-OH is 1. The minimum atomic E-state index is -0.227. The number of hydrogen-bond acceptors (Lipinski definition) is 5. The quantitative estimate of drug-likeness (QED) is 0.763. The Labute approximate surface area is 169 Å². The number of amides is 1. The number of aliphatic hydroxyl groups is 1. The zero-order valence-electron chi connectivity index (χ0n) is 16.6. The third kappa shape index (κ3) is 3.93. The van der Waals surface area contributed by atoms with Crippen LogP contribution in [-0.2, 0) is 11.3 Å². The molecule has 2 aromatic rings. The lowest BCUT2D eigenvalue weighted by molar-refractivity contribution is -0.123. The van der Waals surface area contributed by atoms with Crippen molar-refractivity contribution in [1.82, 2.24) is 14.8 Å². The second-order valence-corrected chi connectivity index (χ2v) is 7.88. The summed E-state index contributed by atoms with van der Waals surface area (Å²) in [7, 11) is 1.62. The number of nitrogens with one attached hydrogen (secondary N) is 1. The summed E-state index contributed by atoms with van der Waals surface area (Å²) in [6.45, 7) is 2.09. The van der Waals surface area contributed by atoms with Crippen LogP contribution in [0.3, 0.4) is 0 Å². The second kappa shape index (κ2) is 8.39. The van der Waals surface area contributed by atoms with Gasteiger partial charge in [-0.25, -0.2) is 0 Å². The van der Waals surface area contributed by atoms with E-state index in [0.29, 0.717) is 19.6 Å². The summed E-state index contributed by atoms with van der Waals surface area (Å²) in [5, 5.41) is 12.9. The largest absolute Gasteiger partial charge is 0.496 e. The zero-order chi connectivity index (χ0) is 20.4. The highest BCUT2D eigenvalue weighted by molar-refractivity contribution is 5.78. The van der Waals surface area contributed by atoms with Crippen LogP contribution in [0, 0.1) is 5.92 Å². The topological polar surface area (TPSA) is 83.8 Å². The van der Waals surface area contributed by atoms with Gasteiger partial charge < -0.3 is 19.7 Å². The number of methoxy groups -OCH3 is 1. The number of aromatic nitrogens is 1.